The normalized spacial score (nSPS) is 26.2. The second-order valence-corrected chi connectivity index (χ2v) is 5.45. The van der Waals surface area contributed by atoms with E-state index in [4.69, 9.17) is 10.5 Å². The van der Waals surface area contributed by atoms with E-state index in [9.17, 15) is 0 Å². The average Bonchev–Trinajstić information content (AvgIpc) is 2.76. The average molecular weight is 228 g/mol. The SMILES string of the molecule is CCC(CN)(COC)N1CCC(C(C)C)C1. The Morgan fingerprint density at radius 1 is 1.50 bits per heavy atom. The van der Waals surface area contributed by atoms with E-state index in [1.165, 1.54) is 19.5 Å². The molecule has 1 saturated heterocycles. The molecule has 0 saturated carbocycles. The molecule has 96 valence electrons. The Morgan fingerprint density at radius 3 is 2.56 bits per heavy atom. The van der Waals surface area contributed by atoms with Crippen LogP contribution in [-0.4, -0.2) is 43.8 Å². The summed E-state index contributed by atoms with van der Waals surface area (Å²) in [6.45, 7) is 10.7. The summed E-state index contributed by atoms with van der Waals surface area (Å²) in [5.41, 5.74) is 6.05. The summed E-state index contributed by atoms with van der Waals surface area (Å²) in [6, 6.07) is 0. The minimum Gasteiger partial charge on any atom is -0.383 e. The number of nitrogens with two attached hydrogens (primary N) is 1. The number of hydrogen-bond donors (Lipinski definition) is 1. The lowest BCUT2D eigenvalue weighted by Gasteiger charge is -2.40. The molecule has 0 radical (unpaired) electrons. The van der Waals surface area contributed by atoms with Crippen LogP contribution in [0.25, 0.3) is 0 Å². The quantitative estimate of drug-likeness (QED) is 0.752. The summed E-state index contributed by atoms with van der Waals surface area (Å²) in [5, 5.41) is 0. The zero-order valence-corrected chi connectivity index (χ0v) is 11.3. The number of nitrogens with zero attached hydrogens (tertiary/aromatic N) is 1. The summed E-state index contributed by atoms with van der Waals surface area (Å²) in [4.78, 5) is 2.56. The predicted molar refractivity (Wildman–Crippen MR) is 68.5 cm³/mol. The van der Waals surface area contributed by atoms with E-state index in [2.05, 4.69) is 25.7 Å². The molecule has 2 atom stereocenters. The van der Waals surface area contributed by atoms with E-state index in [1.807, 2.05) is 0 Å². The number of methoxy groups -OCH3 is 1. The summed E-state index contributed by atoms with van der Waals surface area (Å²) >= 11 is 0. The van der Waals surface area contributed by atoms with E-state index in [0.29, 0.717) is 6.54 Å². The summed E-state index contributed by atoms with van der Waals surface area (Å²) < 4.78 is 5.38. The second kappa shape index (κ2) is 5.99. The van der Waals surface area contributed by atoms with Gasteiger partial charge in [-0.3, -0.25) is 4.90 Å². The maximum absolute atomic E-state index is 5.98. The minimum atomic E-state index is 0.0678. The van der Waals surface area contributed by atoms with Gasteiger partial charge in [0.1, 0.15) is 0 Å². The van der Waals surface area contributed by atoms with Crippen molar-refractivity contribution in [2.75, 3.05) is 33.4 Å². The van der Waals surface area contributed by atoms with Crippen molar-refractivity contribution in [3.05, 3.63) is 0 Å². The predicted octanol–water partition coefficient (Wildman–Crippen LogP) is 1.72. The Bertz CT molecular complexity index is 202. The molecular formula is C13H28N2O. The third-order valence-corrected chi connectivity index (χ3v) is 4.29. The van der Waals surface area contributed by atoms with E-state index in [0.717, 1.165) is 24.9 Å². The molecule has 0 spiro atoms. The molecule has 0 aromatic carbocycles. The molecule has 1 heterocycles. The van der Waals surface area contributed by atoms with E-state index in [1.54, 1.807) is 7.11 Å². The molecule has 3 heteroatoms. The Kier molecular flexibility index (Phi) is 5.22. The van der Waals surface area contributed by atoms with Crippen LogP contribution >= 0.6 is 0 Å². The van der Waals surface area contributed by atoms with Crippen LogP contribution < -0.4 is 5.73 Å². The van der Waals surface area contributed by atoms with Gasteiger partial charge in [-0.2, -0.15) is 0 Å². The molecule has 2 N–H and O–H groups in total. The molecule has 0 amide bonds. The molecule has 0 aromatic rings. The lowest BCUT2D eigenvalue weighted by atomic mass is 9.93. The van der Waals surface area contributed by atoms with Crippen molar-refractivity contribution in [1.82, 2.24) is 4.90 Å². The van der Waals surface area contributed by atoms with Gasteiger partial charge in [0, 0.05) is 20.2 Å². The molecule has 1 fully saturated rings. The van der Waals surface area contributed by atoms with Gasteiger partial charge in [-0.15, -0.1) is 0 Å². The first-order valence-electron chi connectivity index (χ1n) is 6.53. The number of hydrogen-bond acceptors (Lipinski definition) is 3. The van der Waals surface area contributed by atoms with Crippen LogP contribution in [0.15, 0.2) is 0 Å². The van der Waals surface area contributed by atoms with Crippen molar-refractivity contribution in [3.8, 4) is 0 Å². The lowest BCUT2D eigenvalue weighted by Crippen LogP contribution is -2.55. The van der Waals surface area contributed by atoms with Crippen molar-refractivity contribution in [3.63, 3.8) is 0 Å². The van der Waals surface area contributed by atoms with Gasteiger partial charge in [-0.05, 0) is 31.2 Å². The Morgan fingerprint density at radius 2 is 2.19 bits per heavy atom. The van der Waals surface area contributed by atoms with Crippen LogP contribution in [0.4, 0.5) is 0 Å². The van der Waals surface area contributed by atoms with E-state index in [-0.39, 0.29) is 5.54 Å². The molecule has 1 aliphatic rings. The monoisotopic (exact) mass is 228 g/mol. The van der Waals surface area contributed by atoms with Gasteiger partial charge in [0.05, 0.1) is 12.1 Å². The summed E-state index contributed by atoms with van der Waals surface area (Å²) in [5.74, 6) is 1.61. The highest BCUT2D eigenvalue weighted by Gasteiger charge is 2.38. The maximum Gasteiger partial charge on any atom is 0.0658 e. The third-order valence-electron chi connectivity index (χ3n) is 4.29. The molecule has 0 bridgehead atoms. The highest BCUT2D eigenvalue weighted by Crippen LogP contribution is 2.30. The van der Waals surface area contributed by atoms with Gasteiger partial charge >= 0.3 is 0 Å². The van der Waals surface area contributed by atoms with Gasteiger partial charge < -0.3 is 10.5 Å². The van der Waals surface area contributed by atoms with Crippen LogP contribution in [0, 0.1) is 11.8 Å². The zero-order valence-electron chi connectivity index (χ0n) is 11.3. The minimum absolute atomic E-state index is 0.0678. The van der Waals surface area contributed by atoms with Crippen molar-refractivity contribution >= 4 is 0 Å². The van der Waals surface area contributed by atoms with Crippen molar-refractivity contribution in [2.45, 2.75) is 39.2 Å². The number of rotatable bonds is 6. The van der Waals surface area contributed by atoms with Crippen LogP contribution in [0.3, 0.4) is 0 Å². The molecule has 0 aromatic heterocycles. The first kappa shape index (κ1) is 13.9. The van der Waals surface area contributed by atoms with E-state index < -0.39 is 0 Å². The molecule has 1 aliphatic heterocycles. The topological polar surface area (TPSA) is 38.5 Å². The molecule has 2 unspecified atom stereocenters. The molecule has 3 nitrogen and oxygen atoms in total. The Balaban J connectivity index is 2.66. The largest absolute Gasteiger partial charge is 0.383 e. The van der Waals surface area contributed by atoms with E-state index >= 15 is 0 Å². The van der Waals surface area contributed by atoms with Crippen molar-refractivity contribution in [2.24, 2.45) is 17.6 Å². The fourth-order valence-corrected chi connectivity index (χ4v) is 2.78. The zero-order chi connectivity index (χ0) is 12.2. The summed E-state index contributed by atoms with van der Waals surface area (Å²) in [6.07, 6.45) is 2.38. The molecular weight excluding hydrogens is 200 g/mol. The van der Waals surface area contributed by atoms with Gasteiger partial charge in [-0.25, -0.2) is 0 Å². The third kappa shape index (κ3) is 2.76. The lowest BCUT2D eigenvalue weighted by molar-refractivity contribution is 0.0231. The smallest absolute Gasteiger partial charge is 0.0658 e. The van der Waals surface area contributed by atoms with Crippen LogP contribution in [0.5, 0.6) is 0 Å². The van der Waals surface area contributed by atoms with Crippen LogP contribution in [0.2, 0.25) is 0 Å². The Hall–Kier alpha value is -0.120. The number of likely N-dealkylation sites (tertiary alicyclic amines) is 1. The van der Waals surface area contributed by atoms with Crippen LogP contribution in [0.1, 0.15) is 33.6 Å². The van der Waals surface area contributed by atoms with Crippen LogP contribution in [-0.2, 0) is 4.74 Å². The van der Waals surface area contributed by atoms with Gasteiger partial charge in [0.25, 0.3) is 0 Å². The standard InChI is InChI=1S/C13H28N2O/c1-5-13(9-14,10-16-4)15-7-6-12(8-15)11(2)3/h11-12H,5-10,14H2,1-4H3. The van der Waals surface area contributed by atoms with Gasteiger partial charge in [-0.1, -0.05) is 20.8 Å². The highest BCUT2D eigenvalue weighted by molar-refractivity contribution is 4.95. The van der Waals surface area contributed by atoms with Gasteiger partial charge in [0.2, 0.25) is 0 Å². The first-order chi connectivity index (χ1) is 7.59. The molecule has 1 rings (SSSR count). The first-order valence-corrected chi connectivity index (χ1v) is 6.53. The van der Waals surface area contributed by atoms with Gasteiger partial charge in [0.15, 0.2) is 0 Å². The maximum atomic E-state index is 5.98. The second-order valence-electron chi connectivity index (χ2n) is 5.45. The Labute approximate surface area is 100 Å². The summed E-state index contributed by atoms with van der Waals surface area (Å²) in [7, 11) is 1.77. The fraction of sp³-hybridized carbons (Fsp3) is 1.00. The highest BCUT2D eigenvalue weighted by atomic mass is 16.5. The van der Waals surface area contributed by atoms with Crippen molar-refractivity contribution < 1.29 is 4.74 Å². The number of ether oxygens (including phenoxy) is 1. The fourth-order valence-electron chi connectivity index (χ4n) is 2.78. The molecule has 16 heavy (non-hydrogen) atoms. The molecule has 0 aliphatic carbocycles. The van der Waals surface area contributed by atoms with Crippen molar-refractivity contribution in [1.29, 1.82) is 0 Å².